The Kier molecular flexibility index (Phi) is 8.09. The van der Waals surface area contributed by atoms with Crippen molar-refractivity contribution in [2.75, 3.05) is 24.2 Å². The molecule has 0 aliphatic rings. The lowest BCUT2D eigenvalue weighted by Gasteiger charge is -2.13. The largest absolute Gasteiger partial charge is 0.373 e. The molecule has 0 atom stereocenters. The van der Waals surface area contributed by atoms with E-state index in [2.05, 4.69) is 48.3 Å². The van der Waals surface area contributed by atoms with Gasteiger partial charge in [0, 0.05) is 25.6 Å². The highest BCUT2D eigenvalue weighted by Crippen LogP contribution is 2.20. The fraction of sp³-hybridized carbons (Fsp3) is 0.765. The average molecular weight is 292 g/mol. The summed E-state index contributed by atoms with van der Waals surface area (Å²) >= 11 is 0. The third-order valence-electron chi connectivity index (χ3n) is 3.75. The molecule has 4 nitrogen and oxygen atoms in total. The minimum atomic E-state index is 0.833. The van der Waals surface area contributed by atoms with Crippen molar-refractivity contribution in [1.29, 1.82) is 0 Å². The van der Waals surface area contributed by atoms with E-state index in [1.165, 1.54) is 32.1 Å². The Morgan fingerprint density at radius 1 is 1.00 bits per heavy atom. The average Bonchev–Trinajstić information content (AvgIpc) is 2.47. The molecular formula is C17H32N4. The molecule has 1 rings (SSSR count). The van der Waals surface area contributed by atoms with Crippen molar-refractivity contribution < 1.29 is 0 Å². The Balaban J connectivity index is 2.37. The molecule has 0 amide bonds. The lowest BCUT2D eigenvalue weighted by molar-refractivity contribution is 0.523. The lowest BCUT2D eigenvalue weighted by Crippen LogP contribution is -2.10. The predicted octanol–water partition coefficient (Wildman–Crippen LogP) is 4.41. The number of nitrogens with one attached hydrogen (secondary N) is 2. The van der Waals surface area contributed by atoms with E-state index < -0.39 is 0 Å². The Bertz CT molecular complexity index is 415. The third kappa shape index (κ3) is 6.32. The van der Waals surface area contributed by atoms with E-state index in [1.807, 2.05) is 7.05 Å². The van der Waals surface area contributed by atoms with Crippen LogP contribution in [0.5, 0.6) is 0 Å². The van der Waals surface area contributed by atoms with Crippen LogP contribution in [0.15, 0.2) is 0 Å². The van der Waals surface area contributed by atoms with Crippen LogP contribution in [0.1, 0.15) is 64.3 Å². The van der Waals surface area contributed by atoms with Crippen molar-refractivity contribution in [2.45, 2.75) is 66.2 Å². The fourth-order valence-corrected chi connectivity index (χ4v) is 2.37. The molecule has 1 heterocycles. The van der Waals surface area contributed by atoms with Crippen LogP contribution in [0.3, 0.4) is 0 Å². The van der Waals surface area contributed by atoms with Crippen molar-refractivity contribution in [3.05, 3.63) is 11.4 Å². The van der Waals surface area contributed by atoms with Crippen molar-refractivity contribution in [1.82, 2.24) is 9.97 Å². The van der Waals surface area contributed by atoms with E-state index in [-0.39, 0.29) is 0 Å². The molecule has 0 fully saturated rings. The molecule has 0 aliphatic carbocycles. The zero-order valence-electron chi connectivity index (χ0n) is 14.4. The minimum Gasteiger partial charge on any atom is -0.373 e. The topological polar surface area (TPSA) is 49.8 Å². The summed E-state index contributed by atoms with van der Waals surface area (Å²) in [6.45, 7) is 9.74. The third-order valence-corrected chi connectivity index (χ3v) is 3.75. The van der Waals surface area contributed by atoms with Gasteiger partial charge in [0.2, 0.25) is 0 Å². The van der Waals surface area contributed by atoms with Crippen molar-refractivity contribution in [3.63, 3.8) is 0 Å². The van der Waals surface area contributed by atoms with Gasteiger partial charge in [-0.2, -0.15) is 0 Å². The van der Waals surface area contributed by atoms with Crippen LogP contribution >= 0.6 is 0 Å². The summed E-state index contributed by atoms with van der Waals surface area (Å²) in [6, 6.07) is 0. The maximum Gasteiger partial charge on any atom is 0.134 e. The number of anilines is 2. The van der Waals surface area contributed by atoms with Crippen molar-refractivity contribution in [2.24, 2.45) is 5.92 Å². The Morgan fingerprint density at radius 2 is 1.67 bits per heavy atom. The van der Waals surface area contributed by atoms with Gasteiger partial charge in [-0.25, -0.2) is 9.97 Å². The summed E-state index contributed by atoms with van der Waals surface area (Å²) in [6.07, 6.45) is 7.41. The van der Waals surface area contributed by atoms with Crippen LogP contribution in [-0.2, 0) is 6.42 Å². The number of unbranched alkanes of at least 4 members (excludes halogenated alkanes) is 3. The first-order valence-electron chi connectivity index (χ1n) is 8.37. The first kappa shape index (κ1) is 17.7. The SMILES string of the molecule is CCc1nc(NC)c(C)c(NCCCCCCC(C)C)n1. The first-order chi connectivity index (χ1) is 10.1. The number of rotatable bonds is 10. The molecule has 21 heavy (non-hydrogen) atoms. The second-order valence-electron chi connectivity index (χ2n) is 6.09. The molecule has 0 unspecified atom stereocenters. The minimum absolute atomic E-state index is 0.833. The van der Waals surface area contributed by atoms with E-state index in [9.17, 15) is 0 Å². The van der Waals surface area contributed by atoms with Gasteiger partial charge in [0.15, 0.2) is 0 Å². The van der Waals surface area contributed by atoms with E-state index >= 15 is 0 Å². The molecule has 1 aromatic heterocycles. The van der Waals surface area contributed by atoms with Crippen LogP contribution in [0.2, 0.25) is 0 Å². The smallest absolute Gasteiger partial charge is 0.134 e. The number of hydrogen-bond acceptors (Lipinski definition) is 4. The van der Waals surface area contributed by atoms with Crippen LogP contribution < -0.4 is 10.6 Å². The summed E-state index contributed by atoms with van der Waals surface area (Å²) < 4.78 is 0. The highest BCUT2D eigenvalue weighted by molar-refractivity contribution is 5.56. The summed E-state index contributed by atoms with van der Waals surface area (Å²) in [7, 11) is 1.91. The van der Waals surface area contributed by atoms with E-state index in [4.69, 9.17) is 0 Å². The van der Waals surface area contributed by atoms with Gasteiger partial charge >= 0.3 is 0 Å². The number of aromatic nitrogens is 2. The molecule has 4 heteroatoms. The van der Waals surface area contributed by atoms with Gasteiger partial charge in [-0.15, -0.1) is 0 Å². The second kappa shape index (κ2) is 9.59. The molecule has 1 aromatic rings. The van der Waals surface area contributed by atoms with Gasteiger partial charge < -0.3 is 10.6 Å². The summed E-state index contributed by atoms with van der Waals surface area (Å²) in [5, 5.41) is 6.62. The maximum atomic E-state index is 4.59. The number of hydrogen-bond donors (Lipinski definition) is 2. The molecule has 0 saturated heterocycles. The molecule has 0 saturated carbocycles. The number of aryl methyl sites for hydroxylation is 1. The highest BCUT2D eigenvalue weighted by Gasteiger charge is 2.08. The summed E-state index contributed by atoms with van der Waals surface area (Å²) in [5.74, 6) is 3.64. The molecule has 2 N–H and O–H groups in total. The van der Waals surface area contributed by atoms with E-state index in [0.717, 1.165) is 41.9 Å². The fourth-order valence-electron chi connectivity index (χ4n) is 2.37. The van der Waals surface area contributed by atoms with Gasteiger partial charge in [-0.3, -0.25) is 0 Å². The molecular weight excluding hydrogens is 260 g/mol. The van der Waals surface area contributed by atoms with Crippen LogP contribution in [0.25, 0.3) is 0 Å². The van der Waals surface area contributed by atoms with Crippen LogP contribution in [0.4, 0.5) is 11.6 Å². The van der Waals surface area contributed by atoms with Crippen LogP contribution in [0, 0.1) is 12.8 Å². The van der Waals surface area contributed by atoms with Crippen molar-refractivity contribution >= 4 is 11.6 Å². The van der Waals surface area contributed by atoms with E-state index in [0.29, 0.717) is 0 Å². The maximum absolute atomic E-state index is 4.59. The van der Waals surface area contributed by atoms with Crippen molar-refractivity contribution in [3.8, 4) is 0 Å². The lowest BCUT2D eigenvalue weighted by atomic mass is 10.0. The molecule has 0 radical (unpaired) electrons. The molecule has 0 aromatic carbocycles. The molecule has 120 valence electrons. The van der Waals surface area contributed by atoms with Gasteiger partial charge in [0.05, 0.1) is 0 Å². The zero-order valence-corrected chi connectivity index (χ0v) is 14.4. The quantitative estimate of drug-likeness (QED) is 0.627. The van der Waals surface area contributed by atoms with Crippen LogP contribution in [-0.4, -0.2) is 23.6 Å². The van der Waals surface area contributed by atoms with Gasteiger partial charge in [-0.1, -0.05) is 46.5 Å². The van der Waals surface area contributed by atoms with Gasteiger partial charge in [0.25, 0.3) is 0 Å². The van der Waals surface area contributed by atoms with Gasteiger partial charge in [0.1, 0.15) is 17.5 Å². The second-order valence-corrected chi connectivity index (χ2v) is 6.09. The predicted molar refractivity (Wildman–Crippen MR) is 92.1 cm³/mol. The van der Waals surface area contributed by atoms with E-state index in [1.54, 1.807) is 0 Å². The molecule has 0 bridgehead atoms. The normalized spacial score (nSPS) is 11.0. The summed E-state index contributed by atoms with van der Waals surface area (Å²) in [4.78, 5) is 9.09. The molecule has 0 spiro atoms. The zero-order chi connectivity index (χ0) is 15.7. The monoisotopic (exact) mass is 292 g/mol. The molecule has 0 aliphatic heterocycles. The Hall–Kier alpha value is -1.32. The summed E-state index contributed by atoms with van der Waals surface area (Å²) in [5.41, 5.74) is 1.11. The Labute approximate surface area is 130 Å². The first-order valence-corrected chi connectivity index (χ1v) is 8.37. The highest BCUT2D eigenvalue weighted by atomic mass is 15.1. The Morgan fingerprint density at radius 3 is 2.29 bits per heavy atom. The number of nitrogens with zero attached hydrogens (tertiary/aromatic N) is 2. The van der Waals surface area contributed by atoms with Gasteiger partial charge in [-0.05, 0) is 19.3 Å². The standard InChI is InChI=1S/C17H32N4/c1-6-15-20-16(18-5)14(4)17(21-15)19-12-10-8-7-9-11-13(2)3/h13H,6-12H2,1-5H3,(H2,18,19,20,21).